The van der Waals surface area contributed by atoms with E-state index >= 15 is 0 Å². The van der Waals surface area contributed by atoms with Crippen molar-refractivity contribution in [1.29, 1.82) is 0 Å². The van der Waals surface area contributed by atoms with Gasteiger partial charge in [0.2, 0.25) is 0 Å². The van der Waals surface area contributed by atoms with Gasteiger partial charge in [0.1, 0.15) is 0 Å². The van der Waals surface area contributed by atoms with Crippen LogP contribution in [0.2, 0.25) is 0 Å². The fourth-order valence-electron chi connectivity index (χ4n) is 4.50. The first-order valence-electron chi connectivity index (χ1n) is 10.2. The van der Waals surface area contributed by atoms with Gasteiger partial charge in [0.05, 0.1) is 6.61 Å². The maximum Gasteiger partial charge on any atom is 0.251 e. The molecule has 1 aromatic rings. The number of amides is 1. The summed E-state index contributed by atoms with van der Waals surface area (Å²) in [6.07, 6.45) is 2.34. The second-order valence-electron chi connectivity index (χ2n) is 8.49. The Morgan fingerprint density at radius 1 is 1.39 bits per heavy atom. The van der Waals surface area contributed by atoms with Crippen LogP contribution in [0.1, 0.15) is 50.9 Å². The summed E-state index contributed by atoms with van der Waals surface area (Å²) in [5.74, 6) is 1.17. The van der Waals surface area contributed by atoms with Crippen LogP contribution in [0, 0.1) is 17.3 Å². The molecule has 0 saturated heterocycles. The van der Waals surface area contributed by atoms with Gasteiger partial charge >= 0.3 is 0 Å². The molecule has 28 heavy (non-hydrogen) atoms. The number of anilines is 1. The first kappa shape index (κ1) is 23.0. The van der Waals surface area contributed by atoms with Crippen molar-refractivity contribution >= 4 is 23.5 Å². The quantitative estimate of drug-likeness (QED) is 0.590. The van der Waals surface area contributed by atoms with E-state index in [1.54, 1.807) is 19.1 Å². The van der Waals surface area contributed by atoms with Crippen molar-refractivity contribution in [2.24, 2.45) is 17.3 Å². The SMILES string of the molecule is CCC1CC(C)C(NC(=O)c2ccc(NC)c(SN(C)CCOC)c2)C1(C)C. The minimum Gasteiger partial charge on any atom is -0.387 e. The Balaban J connectivity index is 2.16. The van der Waals surface area contributed by atoms with Gasteiger partial charge in [-0.15, -0.1) is 0 Å². The zero-order valence-electron chi connectivity index (χ0n) is 18.5. The minimum atomic E-state index is 0.0192. The van der Waals surface area contributed by atoms with Gasteiger partial charge in [-0.25, -0.2) is 4.31 Å². The molecule has 0 spiro atoms. The zero-order chi connectivity index (χ0) is 20.9. The van der Waals surface area contributed by atoms with E-state index in [0.717, 1.165) is 23.5 Å². The summed E-state index contributed by atoms with van der Waals surface area (Å²) in [5.41, 5.74) is 1.85. The van der Waals surface area contributed by atoms with E-state index < -0.39 is 0 Å². The third kappa shape index (κ3) is 5.22. The second-order valence-corrected chi connectivity index (χ2v) is 9.73. The highest BCUT2D eigenvalue weighted by atomic mass is 32.2. The number of hydrogen-bond donors (Lipinski definition) is 2. The number of nitrogens with one attached hydrogen (secondary N) is 2. The lowest BCUT2D eigenvalue weighted by Gasteiger charge is -2.34. The summed E-state index contributed by atoms with van der Waals surface area (Å²) in [5, 5.41) is 6.57. The van der Waals surface area contributed by atoms with Crippen LogP contribution in [0.3, 0.4) is 0 Å². The van der Waals surface area contributed by atoms with Gasteiger partial charge in [-0.05, 0) is 60.9 Å². The molecule has 0 aromatic heterocycles. The average molecular weight is 408 g/mol. The lowest BCUT2D eigenvalue weighted by molar-refractivity contribution is 0.0878. The van der Waals surface area contributed by atoms with Crippen molar-refractivity contribution in [2.75, 3.05) is 39.7 Å². The normalized spacial score (nSPS) is 23.8. The standard InChI is InChI=1S/C22H37N3O2S/c1-8-17-13-15(2)20(22(17,3)4)24-21(26)16-9-10-18(23-5)19(14-16)28-25(6)11-12-27-7/h9-10,14-15,17,20,23H,8,11-13H2,1-7H3,(H,24,26). The highest BCUT2D eigenvalue weighted by Crippen LogP contribution is 2.47. The van der Waals surface area contributed by atoms with Gasteiger partial charge in [-0.3, -0.25) is 4.79 Å². The number of hydrogen-bond acceptors (Lipinski definition) is 5. The Kier molecular flexibility index (Phi) is 8.22. The first-order chi connectivity index (χ1) is 13.2. The molecule has 0 bridgehead atoms. The number of benzene rings is 1. The van der Waals surface area contributed by atoms with Gasteiger partial charge in [-0.1, -0.05) is 34.1 Å². The van der Waals surface area contributed by atoms with Crippen molar-refractivity contribution in [3.8, 4) is 0 Å². The molecule has 1 saturated carbocycles. The molecule has 158 valence electrons. The molecule has 3 unspecified atom stereocenters. The van der Waals surface area contributed by atoms with E-state index in [2.05, 4.69) is 42.6 Å². The third-order valence-electron chi connectivity index (χ3n) is 6.24. The van der Waals surface area contributed by atoms with Gasteiger partial charge in [0.25, 0.3) is 5.91 Å². The highest BCUT2D eigenvalue weighted by Gasteiger charge is 2.46. The smallest absolute Gasteiger partial charge is 0.251 e. The number of likely N-dealkylation sites (N-methyl/N-ethyl adjacent to an activating group) is 1. The lowest BCUT2D eigenvalue weighted by Crippen LogP contribution is -2.46. The van der Waals surface area contributed by atoms with Crippen molar-refractivity contribution in [3.05, 3.63) is 23.8 Å². The molecular formula is C22H37N3O2S. The number of rotatable bonds is 9. The van der Waals surface area contributed by atoms with E-state index in [9.17, 15) is 4.79 Å². The van der Waals surface area contributed by atoms with Gasteiger partial charge in [0.15, 0.2) is 0 Å². The predicted molar refractivity (Wildman–Crippen MR) is 119 cm³/mol. The van der Waals surface area contributed by atoms with Crippen LogP contribution in [0.25, 0.3) is 0 Å². The molecule has 0 aliphatic heterocycles. The Hall–Kier alpha value is -1.24. The average Bonchev–Trinajstić information content (AvgIpc) is 2.88. The number of ether oxygens (including phenoxy) is 1. The molecule has 1 aromatic carbocycles. The summed E-state index contributed by atoms with van der Waals surface area (Å²) >= 11 is 1.62. The third-order valence-corrected chi connectivity index (χ3v) is 7.26. The Labute approximate surface area is 175 Å². The van der Waals surface area contributed by atoms with E-state index in [1.807, 2.05) is 32.3 Å². The Morgan fingerprint density at radius 2 is 2.11 bits per heavy atom. The number of methoxy groups -OCH3 is 1. The molecule has 1 fully saturated rings. The van der Waals surface area contributed by atoms with Crippen LogP contribution in [0.15, 0.2) is 23.1 Å². The molecule has 0 radical (unpaired) electrons. The molecule has 3 atom stereocenters. The van der Waals surface area contributed by atoms with Crippen molar-refractivity contribution in [1.82, 2.24) is 9.62 Å². The molecule has 1 aliphatic carbocycles. The molecule has 2 N–H and O–H groups in total. The molecule has 1 aliphatic rings. The molecular weight excluding hydrogens is 370 g/mol. The second kappa shape index (κ2) is 9.99. The van der Waals surface area contributed by atoms with Gasteiger partial charge < -0.3 is 15.4 Å². The summed E-state index contributed by atoms with van der Waals surface area (Å²) in [4.78, 5) is 14.1. The zero-order valence-corrected chi connectivity index (χ0v) is 19.3. The summed E-state index contributed by atoms with van der Waals surface area (Å²) in [6.45, 7) is 10.6. The van der Waals surface area contributed by atoms with Crippen molar-refractivity contribution in [3.63, 3.8) is 0 Å². The number of carbonyl (C=O) groups is 1. The summed E-state index contributed by atoms with van der Waals surface area (Å²) in [7, 11) is 5.64. The molecule has 5 nitrogen and oxygen atoms in total. The largest absolute Gasteiger partial charge is 0.387 e. The van der Waals surface area contributed by atoms with Gasteiger partial charge in [-0.2, -0.15) is 0 Å². The maximum absolute atomic E-state index is 13.1. The Bertz CT molecular complexity index is 665. The monoisotopic (exact) mass is 407 g/mol. The van der Waals surface area contributed by atoms with E-state index in [0.29, 0.717) is 24.0 Å². The van der Waals surface area contributed by atoms with Gasteiger partial charge in [0, 0.05) is 42.9 Å². The lowest BCUT2D eigenvalue weighted by atomic mass is 9.77. The van der Waals surface area contributed by atoms with Crippen molar-refractivity contribution in [2.45, 2.75) is 51.5 Å². The molecule has 0 heterocycles. The van der Waals surface area contributed by atoms with Crippen LogP contribution < -0.4 is 10.6 Å². The van der Waals surface area contributed by atoms with Crippen LogP contribution >= 0.6 is 11.9 Å². The van der Waals surface area contributed by atoms with Crippen LogP contribution in [0.5, 0.6) is 0 Å². The fourth-order valence-corrected chi connectivity index (χ4v) is 5.45. The first-order valence-corrected chi connectivity index (χ1v) is 11.0. The Morgan fingerprint density at radius 3 is 2.68 bits per heavy atom. The molecule has 1 amide bonds. The highest BCUT2D eigenvalue weighted by molar-refractivity contribution is 7.97. The van der Waals surface area contributed by atoms with Crippen LogP contribution in [-0.2, 0) is 4.74 Å². The van der Waals surface area contributed by atoms with E-state index in [-0.39, 0.29) is 17.4 Å². The predicted octanol–water partition coefficient (Wildman–Crippen LogP) is 4.50. The van der Waals surface area contributed by atoms with E-state index in [4.69, 9.17) is 4.74 Å². The summed E-state index contributed by atoms with van der Waals surface area (Å²) in [6, 6.07) is 6.08. The number of nitrogens with zero attached hydrogens (tertiary/aromatic N) is 1. The maximum atomic E-state index is 13.1. The number of carbonyl (C=O) groups excluding carboxylic acids is 1. The fraction of sp³-hybridized carbons (Fsp3) is 0.682. The van der Waals surface area contributed by atoms with Crippen molar-refractivity contribution < 1.29 is 9.53 Å². The molecule has 6 heteroatoms. The van der Waals surface area contributed by atoms with Crippen LogP contribution in [-0.4, -0.2) is 50.6 Å². The van der Waals surface area contributed by atoms with E-state index in [1.165, 1.54) is 6.42 Å². The topological polar surface area (TPSA) is 53.6 Å². The summed E-state index contributed by atoms with van der Waals surface area (Å²) < 4.78 is 7.28. The minimum absolute atomic E-state index is 0.0192. The van der Waals surface area contributed by atoms with Crippen LogP contribution in [0.4, 0.5) is 5.69 Å². The molecule has 2 rings (SSSR count).